The van der Waals surface area contributed by atoms with Crippen LogP contribution in [0.1, 0.15) is 48.7 Å². The van der Waals surface area contributed by atoms with Crippen LogP contribution in [-0.4, -0.2) is 33.1 Å². The molecule has 1 fully saturated rings. The van der Waals surface area contributed by atoms with Crippen LogP contribution in [0.3, 0.4) is 0 Å². The number of nitrogens with one attached hydrogen (secondary N) is 1. The second-order valence-corrected chi connectivity index (χ2v) is 8.78. The number of aromatic nitrogens is 4. The van der Waals surface area contributed by atoms with Gasteiger partial charge in [0.05, 0.1) is 11.6 Å². The van der Waals surface area contributed by atoms with Crippen LogP contribution in [0.4, 0.5) is 23.4 Å². The minimum atomic E-state index is -4.60. The monoisotopic (exact) mass is 497 g/mol. The predicted octanol–water partition coefficient (Wildman–Crippen LogP) is 6.31. The van der Waals surface area contributed by atoms with Gasteiger partial charge in [0.25, 0.3) is 0 Å². The van der Waals surface area contributed by atoms with E-state index in [0.717, 1.165) is 52.8 Å². The highest BCUT2D eigenvalue weighted by Gasteiger charge is 2.34. The van der Waals surface area contributed by atoms with Crippen molar-refractivity contribution in [2.24, 2.45) is 0 Å². The molecule has 0 amide bonds. The lowest BCUT2D eigenvalue weighted by Gasteiger charge is -2.25. The maximum atomic E-state index is 13.6. The fraction of sp³-hybridized carbons (Fsp3) is 0.308. The Hall–Kier alpha value is -3.66. The summed E-state index contributed by atoms with van der Waals surface area (Å²) >= 11 is 0. The minimum absolute atomic E-state index is 0.241. The molecule has 1 aliphatic heterocycles. The molecule has 1 N–H and O–H groups in total. The highest BCUT2D eigenvalue weighted by atomic mass is 19.4. The first-order valence-corrected chi connectivity index (χ1v) is 11.6. The molecular formula is C26H23F4N5O. The van der Waals surface area contributed by atoms with Gasteiger partial charge in [-0.3, -0.25) is 0 Å². The van der Waals surface area contributed by atoms with Gasteiger partial charge in [0, 0.05) is 36.6 Å². The SMILES string of the molecule is C[C@@H](Nc1ncnc2c(C3CCOCC3)cc(-c3ccc(F)cc3)cc12)c1cnc(C(F)(F)F)nc1. The van der Waals surface area contributed by atoms with Gasteiger partial charge in [0.2, 0.25) is 5.82 Å². The van der Waals surface area contributed by atoms with Gasteiger partial charge >= 0.3 is 6.18 Å². The Morgan fingerprint density at radius 2 is 1.64 bits per heavy atom. The van der Waals surface area contributed by atoms with Crippen molar-refractivity contribution in [1.29, 1.82) is 0 Å². The van der Waals surface area contributed by atoms with Crippen LogP contribution in [0, 0.1) is 5.82 Å². The predicted molar refractivity (Wildman–Crippen MR) is 127 cm³/mol. The number of ether oxygens (including phenoxy) is 1. The minimum Gasteiger partial charge on any atom is -0.381 e. The number of fused-ring (bicyclic) bond motifs is 1. The first kappa shape index (κ1) is 24.1. The molecule has 4 aromatic rings. The average molecular weight is 497 g/mol. The summed E-state index contributed by atoms with van der Waals surface area (Å²) in [4.78, 5) is 15.9. The average Bonchev–Trinajstić information content (AvgIpc) is 2.89. The van der Waals surface area contributed by atoms with Crippen LogP contribution in [0.2, 0.25) is 0 Å². The largest absolute Gasteiger partial charge is 0.451 e. The van der Waals surface area contributed by atoms with Crippen molar-refractivity contribution in [2.45, 2.75) is 37.9 Å². The number of hydrogen-bond donors (Lipinski definition) is 1. The molecule has 5 rings (SSSR count). The van der Waals surface area contributed by atoms with Crippen LogP contribution in [0.5, 0.6) is 0 Å². The van der Waals surface area contributed by atoms with E-state index in [-0.39, 0.29) is 11.7 Å². The third kappa shape index (κ3) is 4.99. The highest BCUT2D eigenvalue weighted by molar-refractivity contribution is 5.95. The highest BCUT2D eigenvalue weighted by Crippen LogP contribution is 2.38. The van der Waals surface area contributed by atoms with Gasteiger partial charge in [0.1, 0.15) is 18.0 Å². The first-order chi connectivity index (χ1) is 17.3. The zero-order valence-corrected chi connectivity index (χ0v) is 19.4. The van der Waals surface area contributed by atoms with Gasteiger partial charge in [0.15, 0.2) is 0 Å². The summed E-state index contributed by atoms with van der Waals surface area (Å²) in [5.74, 6) is -0.728. The summed E-state index contributed by atoms with van der Waals surface area (Å²) in [6.45, 7) is 3.12. The summed E-state index contributed by atoms with van der Waals surface area (Å²) < 4.78 is 57.7. The van der Waals surface area contributed by atoms with E-state index >= 15 is 0 Å². The standard InChI is InChI=1S/C26H23F4N5O/c1-15(19-12-31-25(32-13-19)26(28,29)30)35-24-22-11-18(16-2-4-20(27)5-3-16)10-21(23(22)33-14-34-24)17-6-8-36-9-7-17/h2-5,10-15,17H,6-9H2,1H3,(H,33,34,35)/t15-/m1/s1. The van der Waals surface area contributed by atoms with Crippen molar-refractivity contribution in [3.63, 3.8) is 0 Å². The lowest BCUT2D eigenvalue weighted by atomic mass is 9.87. The van der Waals surface area contributed by atoms with E-state index in [1.165, 1.54) is 18.5 Å². The number of benzene rings is 2. The third-order valence-corrected chi connectivity index (χ3v) is 6.39. The van der Waals surface area contributed by atoms with Crippen LogP contribution in [0.25, 0.3) is 22.0 Å². The number of hydrogen-bond acceptors (Lipinski definition) is 6. The van der Waals surface area contributed by atoms with Gasteiger partial charge in [-0.2, -0.15) is 13.2 Å². The van der Waals surface area contributed by atoms with Gasteiger partial charge in [-0.25, -0.2) is 24.3 Å². The van der Waals surface area contributed by atoms with Gasteiger partial charge in [-0.1, -0.05) is 12.1 Å². The summed E-state index contributed by atoms with van der Waals surface area (Å²) in [6, 6.07) is 9.90. The van der Waals surface area contributed by atoms with E-state index in [9.17, 15) is 17.6 Å². The Labute approximate surface area is 204 Å². The Balaban J connectivity index is 1.56. The van der Waals surface area contributed by atoms with Crippen molar-refractivity contribution < 1.29 is 22.3 Å². The van der Waals surface area contributed by atoms with Crippen LogP contribution in [0.15, 0.2) is 55.1 Å². The van der Waals surface area contributed by atoms with E-state index in [1.54, 1.807) is 19.1 Å². The second kappa shape index (κ2) is 9.77. The Kier molecular flexibility index (Phi) is 6.53. The van der Waals surface area contributed by atoms with Gasteiger partial charge < -0.3 is 10.1 Å². The molecular weight excluding hydrogens is 474 g/mol. The van der Waals surface area contributed by atoms with Crippen molar-refractivity contribution in [3.05, 3.63) is 77.9 Å². The van der Waals surface area contributed by atoms with E-state index in [4.69, 9.17) is 4.74 Å². The maximum absolute atomic E-state index is 13.6. The molecule has 1 aliphatic rings. The summed E-state index contributed by atoms with van der Waals surface area (Å²) in [6.07, 6.45) is 0.904. The molecule has 0 radical (unpaired) electrons. The smallest absolute Gasteiger partial charge is 0.381 e. The quantitative estimate of drug-likeness (QED) is 0.326. The molecule has 0 saturated carbocycles. The molecule has 2 aromatic heterocycles. The molecule has 0 unspecified atom stereocenters. The van der Waals surface area contributed by atoms with Crippen LogP contribution >= 0.6 is 0 Å². The molecule has 1 atom stereocenters. The molecule has 10 heteroatoms. The van der Waals surface area contributed by atoms with Gasteiger partial charge in [-0.15, -0.1) is 0 Å². The number of alkyl halides is 3. The molecule has 1 saturated heterocycles. The first-order valence-electron chi connectivity index (χ1n) is 11.6. The molecule has 0 aliphatic carbocycles. The van der Waals surface area contributed by atoms with Crippen molar-refractivity contribution in [3.8, 4) is 11.1 Å². The fourth-order valence-corrected chi connectivity index (χ4v) is 4.44. The molecule has 0 bridgehead atoms. The molecule has 36 heavy (non-hydrogen) atoms. The van der Waals surface area contributed by atoms with E-state index in [2.05, 4.69) is 31.3 Å². The van der Waals surface area contributed by atoms with Crippen molar-refractivity contribution >= 4 is 16.7 Å². The third-order valence-electron chi connectivity index (χ3n) is 6.39. The fourth-order valence-electron chi connectivity index (χ4n) is 4.44. The summed E-state index contributed by atoms with van der Waals surface area (Å²) in [5.41, 5.74) is 4.08. The number of nitrogens with zero attached hydrogens (tertiary/aromatic N) is 4. The van der Waals surface area contributed by atoms with Crippen LogP contribution in [-0.2, 0) is 10.9 Å². The Morgan fingerprint density at radius 3 is 2.31 bits per heavy atom. The zero-order chi connectivity index (χ0) is 25.3. The zero-order valence-electron chi connectivity index (χ0n) is 19.4. The lowest BCUT2D eigenvalue weighted by molar-refractivity contribution is -0.145. The molecule has 0 spiro atoms. The van der Waals surface area contributed by atoms with Crippen LogP contribution < -0.4 is 5.32 Å². The number of anilines is 1. The van der Waals surface area contributed by atoms with E-state index in [0.29, 0.717) is 24.6 Å². The maximum Gasteiger partial charge on any atom is 0.451 e. The van der Waals surface area contributed by atoms with E-state index < -0.39 is 18.0 Å². The lowest BCUT2D eigenvalue weighted by Crippen LogP contribution is -2.15. The van der Waals surface area contributed by atoms with E-state index in [1.807, 2.05) is 6.07 Å². The van der Waals surface area contributed by atoms with Crippen molar-refractivity contribution in [2.75, 3.05) is 18.5 Å². The molecule has 2 aromatic carbocycles. The normalized spacial score (nSPS) is 15.7. The second-order valence-electron chi connectivity index (χ2n) is 8.78. The molecule has 3 heterocycles. The Bertz CT molecular complexity index is 1350. The molecule has 186 valence electrons. The Morgan fingerprint density at radius 1 is 0.944 bits per heavy atom. The molecule has 6 nitrogen and oxygen atoms in total. The number of rotatable bonds is 5. The van der Waals surface area contributed by atoms with Crippen molar-refractivity contribution in [1.82, 2.24) is 19.9 Å². The number of halogens is 4. The topological polar surface area (TPSA) is 72.8 Å². The summed E-state index contributed by atoms with van der Waals surface area (Å²) in [5, 5.41) is 4.04. The van der Waals surface area contributed by atoms with Gasteiger partial charge in [-0.05, 0) is 66.6 Å². The summed E-state index contributed by atoms with van der Waals surface area (Å²) in [7, 11) is 0.